The van der Waals surface area contributed by atoms with Gasteiger partial charge in [0.15, 0.2) is 11.5 Å². The molecule has 1 amide bonds. The largest absolute Gasteiger partial charge is 0.504 e. The Morgan fingerprint density at radius 1 is 0.900 bits per heavy atom. The summed E-state index contributed by atoms with van der Waals surface area (Å²) in [6.07, 6.45) is 1.56. The lowest BCUT2D eigenvalue weighted by Crippen LogP contribution is -2.21. The van der Waals surface area contributed by atoms with E-state index < -0.39 is 11.9 Å². The second kappa shape index (κ2) is 7.56. The van der Waals surface area contributed by atoms with Crippen LogP contribution in [-0.2, 0) is 4.79 Å². The van der Waals surface area contributed by atoms with Crippen LogP contribution in [0.4, 0.5) is 5.69 Å². The Morgan fingerprint density at radius 2 is 1.67 bits per heavy atom. The highest BCUT2D eigenvalue weighted by molar-refractivity contribution is 6.37. The minimum atomic E-state index is -1.11. The maximum Gasteiger partial charge on any atom is 0.335 e. The molecule has 0 saturated heterocycles. The first-order valence-electron chi connectivity index (χ1n) is 9.00. The molecule has 3 aromatic rings. The molecule has 30 heavy (non-hydrogen) atoms. The van der Waals surface area contributed by atoms with Gasteiger partial charge in [-0.25, -0.2) is 4.79 Å². The molecule has 0 aliphatic carbocycles. The molecule has 3 aromatic carbocycles. The standard InChI is InChI=1S/C23H16N2O5/c26-19-10-9-14(12-20(19)27)11-18-21(15-5-2-1-3-6-15)24-25(22(18)28)17-8-4-7-16(13-17)23(29)30/h1-13,26-27H,(H,29,30). The van der Waals surface area contributed by atoms with Crippen molar-refractivity contribution < 1.29 is 24.9 Å². The van der Waals surface area contributed by atoms with E-state index in [1.54, 1.807) is 24.3 Å². The van der Waals surface area contributed by atoms with Crippen molar-refractivity contribution in [2.75, 3.05) is 5.01 Å². The molecule has 7 heteroatoms. The molecule has 148 valence electrons. The van der Waals surface area contributed by atoms with Gasteiger partial charge in [-0.2, -0.15) is 10.1 Å². The molecule has 0 fully saturated rings. The van der Waals surface area contributed by atoms with E-state index in [4.69, 9.17) is 0 Å². The van der Waals surface area contributed by atoms with E-state index in [0.29, 0.717) is 22.5 Å². The molecule has 3 N–H and O–H groups in total. The number of phenolic OH excluding ortho intramolecular Hbond substituents is 2. The highest BCUT2D eigenvalue weighted by Gasteiger charge is 2.32. The van der Waals surface area contributed by atoms with Gasteiger partial charge >= 0.3 is 5.97 Å². The van der Waals surface area contributed by atoms with E-state index in [0.717, 1.165) is 5.01 Å². The molecular weight excluding hydrogens is 384 g/mol. The third-order valence-corrected chi connectivity index (χ3v) is 4.57. The highest BCUT2D eigenvalue weighted by Crippen LogP contribution is 2.30. The zero-order valence-electron chi connectivity index (χ0n) is 15.6. The van der Waals surface area contributed by atoms with E-state index in [1.165, 1.54) is 24.3 Å². The maximum absolute atomic E-state index is 13.2. The van der Waals surface area contributed by atoms with Crippen molar-refractivity contribution >= 4 is 29.4 Å². The maximum atomic E-state index is 13.2. The molecule has 7 nitrogen and oxygen atoms in total. The number of nitrogens with zero attached hydrogens (tertiary/aromatic N) is 2. The third-order valence-electron chi connectivity index (χ3n) is 4.57. The van der Waals surface area contributed by atoms with E-state index in [9.17, 15) is 24.9 Å². The molecular formula is C23H16N2O5. The van der Waals surface area contributed by atoms with E-state index in [2.05, 4.69) is 5.10 Å². The number of hydrogen-bond donors (Lipinski definition) is 3. The second-order valence-electron chi connectivity index (χ2n) is 6.59. The zero-order chi connectivity index (χ0) is 21.3. The number of carbonyl (C=O) groups is 2. The van der Waals surface area contributed by atoms with Crippen LogP contribution in [0.5, 0.6) is 11.5 Å². The fraction of sp³-hybridized carbons (Fsp3) is 0. The molecule has 1 aliphatic heterocycles. The van der Waals surface area contributed by atoms with Crippen LogP contribution >= 0.6 is 0 Å². The van der Waals surface area contributed by atoms with Crippen molar-refractivity contribution in [3.8, 4) is 11.5 Å². The van der Waals surface area contributed by atoms with Crippen LogP contribution in [0, 0.1) is 0 Å². The lowest BCUT2D eigenvalue weighted by atomic mass is 10.00. The van der Waals surface area contributed by atoms with Gasteiger partial charge in [-0.1, -0.05) is 42.5 Å². The lowest BCUT2D eigenvalue weighted by molar-refractivity contribution is -0.114. The Hall–Kier alpha value is -4.39. The minimum absolute atomic E-state index is 0.0395. The number of phenols is 2. The Balaban J connectivity index is 1.83. The number of carboxylic acids is 1. The molecule has 0 radical (unpaired) electrons. The average Bonchev–Trinajstić information content (AvgIpc) is 3.07. The fourth-order valence-corrected chi connectivity index (χ4v) is 3.10. The summed E-state index contributed by atoms with van der Waals surface area (Å²) in [6.45, 7) is 0. The number of rotatable bonds is 4. The van der Waals surface area contributed by atoms with Crippen LogP contribution in [0.2, 0.25) is 0 Å². The van der Waals surface area contributed by atoms with Crippen molar-refractivity contribution in [1.29, 1.82) is 0 Å². The molecule has 1 aliphatic rings. The van der Waals surface area contributed by atoms with Gasteiger partial charge in [-0.05, 0) is 42.0 Å². The number of anilines is 1. The van der Waals surface area contributed by atoms with Gasteiger partial charge in [0.05, 0.1) is 16.8 Å². The second-order valence-corrected chi connectivity index (χ2v) is 6.59. The Morgan fingerprint density at radius 3 is 2.37 bits per heavy atom. The van der Waals surface area contributed by atoms with Gasteiger partial charge in [-0.3, -0.25) is 4.79 Å². The number of amides is 1. The number of carbonyl (C=O) groups excluding carboxylic acids is 1. The van der Waals surface area contributed by atoms with Crippen molar-refractivity contribution in [2.24, 2.45) is 5.10 Å². The quantitative estimate of drug-likeness (QED) is 0.458. The molecule has 0 saturated carbocycles. The normalized spacial score (nSPS) is 14.8. The molecule has 0 atom stereocenters. The smallest absolute Gasteiger partial charge is 0.335 e. The first-order valence-corrected chi connectivity index (χ1v) is 9.00. The van der Waals surface area contributed by atoms with Crippen molar-refractivity contribution in [3.63, 3.8) is 0 Å². The van der Waals surface area contributed by atoms with E-state index >= 15 is 0 Å². The van der Waals surface area contributed by atoms with Crippen LogP contribution in [0.25, 0.3) is 6.08 Å². The highest BCUT2D eigenvalue weighted by atomic mass is 16.4. The summed E-state index contributed by atoms with van der Waals surface area (Å²) in [5.74, 6) is -2.12. The Labute approximate surface area is 171 Å². The fourth-order valence-electron chi connectivity index (χ4n) is 3.10. The predicted octanol–water partition coefficient (Wildman–Crippen LogP) is 3.63. The van der Waals surface area contributed by atoms with Gasteiger partial charge in [0.2, 0.25) is 0 Å². The summed E-state index contributed by atoms with van der Waals surface area (Å²) in [5, 5.41) is 34.2. The van der Waals surface area contributed by atoms with E-state index in [-0.39, 0.29) is 22.6 Å². The van der Waals surface area contributed by atoms with Crippen LogP contribution < -0.4 is 5.01 Å². The number of hydrazone groups is 1. The SMILES string of the molecule is O=C(O)c1cccc(N2N=C(c3ccccc3)C(=Cc3ccc(O)c(O)c3)C2=O)c1. The van der Waals surface area contributed by atoms with E-state index in [1.807, 2.05) is 30.3 Å². The van der Waals surface area contributed by atoms with Crippen LogP contribution in [0.3, 0.4) is 0 Å². The predicted molar refractivity (Wildman–Crippen MR) is 112 cm³/mol. The summed E-state index contributed by atoms with van der Waals surface area (Å²) >= 11 is 0. The van der Waals surface area contributed by atoms with Gasteiger partial charge in [0, 0.05) is 5.56 Å². The number of carboxylic acid groups (broad SMARTS) is 1. The number of benzene rings is 3. The van der Waals surface area contributed by atoms with Crippen molar-refractivity contribution in [2.45, 2.75) is 0 Å². The third kappa shape index (κ3) is 3.51. The lowest BCUT2D eigenvalue weighted by Gasteiger charge is -2.12. The minimum Gasteiger partial charge on any atom is -0.504 e. The monoisotopic (exact) mass is 400 g/mol. The molecule has 0 bridgehead atoms. The summed E-state index contributed by atoms with van der Waals surface area (Å²) in [4.78, 5) is 24.5. The van der Waals surface area contributed by atoms with Gasteiger partial charge in [0.25, 0.3) is 5.91 Å². The number of aromatic hydroxyl groups is 2. The van der Waals surface area contributed by atoms with Gasteiger partial charge < -0.3 is 15.3 Å². The molecule has 1 heterocycles. The zero-order valence-corrected chi connectivity index (χ0v) is 15.6. The van der Waals surface area contributed by atoms with Crippen molar-refractivity contribution in [3.05, 3.63) is 95.1 Å². The number of aromatic carboxylic acids is 1. The summed E-state index contributed by atoms with van der Waals surface area (Å²) < 4.78 is 0. The van der Waals surface area contributed by atoms with Crippen molar-refractivity contribution in [1.82, 2.24) is 0 Å². The van der Waals surface area contributed by atoms with Crippen LogP contribution in [0.15, 0.2) is 83.5 Å². The molecule has 0 unspecified atom stereocenters. The van der Waals surface area contributed by atoms with Crippen LogP contribution in [0.1, 0.15) is 21.5 Å². The molecule has 0 spiro atoms. The molecule has 0 aromatic heterocycles. The Kier molecular flexibility index (Phi) is 4.77. The Bertz CT molecular complexity index is 1220. The summed E-state index contributed by atoms with van der Waals surface area (Å²) in [7, 11) is 0. The van der Waals surface area contributed by atoms with Gasteiger partial charge in [-0.15, -0.1) is 0 Å². The number of hydrogen-bond acceptors (Lipinski definition) is 5. The van der Waals surface area contributed by atoms with Gasteiger partial charge in [0.1, 0.15) is 5.71 Å². The summed E-state index contributed by atoms with van der Waals surface area (Å²) in [6, 6.07) is 19.3. The van der Waals surface area contributed by atoms with Crippen LogP contribution in [-0.4, -0.2) is 32.9 Å². The first kappa shape index (κ1) is 18.9. The topological polar surface area (TPSA) is 110 Å². The molecule has 4 rings (SSSR count). The average molecular weight is 400 g/mol. The first-order chi connectivity index (χ1) is 14.4. The summed E-state index contributed by atoms with van der Waals surface area (Å²) in [5.41, 5.74) is 2.25.